The molecule has 1 aliphatic rings. The van der Waals surface area contributed by atoms with Gasteiger partial charge in [0.1, 0.15) is 12.2 Å². The third-order valence-corrected chi connectivity index (χ3v) is 2.75. The Morgan fingerprint density at radius 1 is 1.56 bits per heavy atom. The van der Waals surface area contributed by atoms with Gasteiger partial charge in [-0.15, -0.1) is 0 Å². The summed E-state index contributed by atoms with van der Waals surface area (Å²) in [6.45, 7) is 2.83. The van der Waals surface area contributed by atoms with Crippen molar-refractivity contribution in [3.8, 4) is 11.8 Å². The average Bonchev–Trinajstić information content (AvgIpc) is 2.29. The largest absolute Gasteiger partial charge is 0.483 e. The number of hydrogen-bond acceptors (Lipinski definition) is 4. The van der Waals surface area contributed by atoms with Gasteiger partial charge in [0.15, 0.2) is 5.75 Å². The maximum Gasteiger partial charge on any atom is 0.160 e. The van der Waals surface area contributed by atoms with E-state index in [-0.39, 0.29) is 12.1 Å². The molecule has 0 bridgehead atoms. The van der Waals surface area contributed by atoms with Crippen molar-refractivity contribution < 1.29 is 4.74 Å². The predicted molar refractivity (Wildman–Crippen MR) is 62.6 cm³/mol. The Balaban J connectivity index is 2.33. The molecule has 0 saturated heterocycles. The van der Waals surface area contributed by atoms with E-state index in [0.717, 1.165) is 12.2 Å². The van der Waals surface area contributed by atoms with Gasteiger partial charge in [-0.1, -0.05) is 6.07 Å². The number of nitriles is 1. The summed E-state index contributed by atoms with van der Waals surface area (Å²) in [5, 5.41) is 15.4. The predicted octanol–water partition coefficient (Wildman–Crippen LogP) is 1.34. The first kappa shape index (κ1) is 10.8. The van der Waals surface area contributed by atoms with Crippen molar-refractivity contribution in [3.05, 3.63) is 23.8 Å². The minimum absolute atomic E-state index is 0.0481. The van der Waals surface area contributed by atoms with E-state index in [9.17, 15) is 0 Å². The Kier molecular flexibility index (Phi) is 2.97. The molecule has 2 rings (SSSR count). The number of rotatable bonds is 2. The topological polar surface area (TPSA) is 57.1 Å². The van der Waals surface area contributed by atoms with Gasteiger partial charge < -0.3 is 15.4 Å². The van der Waals surface area contributed by atoms with Crippen molar-refractivity contribution >= 4 is 5.69 Å². The minimum atomic E-state index is 0.0481. The molecule has 1 aliphatic heterocycles. The van der Waals surface area contributed by atoms with Crippen LogP contribution in [-0.2, 0) is 0 Å². The Labute approximate surface area is 95.2 Å². The van der Waals surface area contributed by atoms with Gasteiger partial charge in [-0.3, -0.25) is 0 Å². The van der Waals surface area contributed by atoms with Crippen LogP contribution in [0.1, 0.15) is 12.5 Å². The molecule has 1 aromatic rings. The summed E-state index contributed by atoms with van der Waals surface area (Å²) in [6.07, 6.45) is 0.0481. The minimum Gasteiger partial charge on any atom is -0.483 e. The second kappa shape index (κ2) is 4.42. The van der Waals surface area contributed by atoms with Crippen LogP contribution in [0.2, 0.25) is 0 Å². The molecular formula is C12H15N3O. The molecule has 84 valence electrons. The number of nitrogens with one attached hydrogen (secondary N) is 2. The molecule has 2 unspecified atom stereocenters. The lowest BCUT2D eigenvalue weighted by atomic mass is 10.1. The molecule has 2 atom stereocenters. The van der Waals surface area contributed by atoms with Crippen molar-refractivity contribution in [2.24, 2.45) is 0 Å². The van der Waals surface area contributed by atoms with Crippen molar-refractivity contribution in [1.82, 2.24) is 5.32 Å². The van der Waals surface area contributed by atoms with Crippen LogP contribution in [0.3, 0.4) is 0 Å². The van der Waals surface area contributed by atoms with E-state index in [1.165, 1.54) is 0 Å². The van der Waals surface area contributed by atoms with Crippen molar-refractivity contribution in [2.75, 3.05) is 18.9 Å². The standard InChI is InChI=1S/C12H15N3O/c1-8-11(7-14-2)16-12-9(6-13)4-3-5-10(12)15-8/h3-5,8,11,14-15H,7H2,1-2H3. The van der Waals surface area contributed by atoms with Gasteiger partial charge in [-0.05, 0) is 26.1 Å². The zero-order chi connectivity index (χ0) is 11.5. The lowest BCUT2D eigenvalue weighted by Crippen LogP contribution is -2.45. The summed E-state index contributed by atoms with van der Waals surface area (Å²) in [5.74, 6) is 0.670. The third-order valence-electron chi connectivity index (χ3n) is 2.75. The number of fused-ring (bicyclic) bond motifs is 1. The van der Waals surface area contributed by atoms with Gasteiger partial charge in [0.2, 0.25) is 0 Å². The van der Waals surface area contributed by atoms with Crippen LogP contribution in [0.25, 0.3) is 0 Å². The first-order valence-electron chi connectivity index (χ1n) is 5.37. The SMILES string of the molecule is CNCC1Oc2c(C#N)cccc2NC1C. The van der Waals surface area contributed by atoms with Crippen molar-refractivity contribution in [3.63, 3.8) is 0 Å². The Bertz CT molecular complexity index is 425. The first-order chi connectivity index (χ1) is 7.76. The smallest absolute Gasteiger partial charge is 0.160 e. The van der Waals surface area contributed by atoms with E-state index in [1.807, 2.05) is 19.2 Å². The van der Waals surface area contributed by atoms with Crippen molar-refractivity contribution in [1.29, 1.82) is 5.26 Å². The van der Waals surface area contributed by atoms with E-state index in [4.69, 9.17) is 10.00 Å². The van der Waals surface area contributed by atoms with Gasteiger partial charge in [0.05, 0.1) is 17.3 Å². The second-order valence-corrected chi connectivity index (χ2v) is 3.94. The van der Waals surface area contributed by atoms with E-state index in [0.29, 0.717) is 11.3 Å². The fraction of sp³-hybridized carbons (Fsp3) is 0.417. The summed E-state index contributed by atoms with van der Waals surface area (Å²) in [4.78, 5) is 0. The zero-order valence-corrected chi connectivity index (χ0v) is 9.45. The molecule has 0 aromatic heterocycles. The lowest BCUT2D eigenvalue weighted by molar-refractivity contribution is 0.173. The maximum absolute atomic E-state index is 9.00. The molecule has 2 N–H and O–H groups in total. The van der Waals surface area contributed by atoms with E-state index in [2.05, 4.69) is 23.6 Å². The molecule has 0 spiro atoms. The van der Waals surface area contributed by atoms with Crippen molar-refractivity contribution in [2.45, 2.75) is 19.1 Å². The number of para-hydroxylation sites is 1. The monoisotopic (exact) mass is 217 g/mol. The van der Waals surface area contributed by atoms with Gasteiger partial charge in [0, 0.05) is 6.54 Å². The van der Waals surface area contributed by atoms with Gasteiger partial charge in [-0.2, -0.15) is 5.26 Å². The lowest BCUT2D eigenvalue weighted by Gasteiger charge is -2.33. The Morgan fingerprint density at radius 3 is 3.06 bits per heavy atom. The molecule has 1 aromatic carbocycles. The summed E-state index contributed by atoms with van der Waals surface area (Å²) < 4.78 is 5.86. The second-order valence-electron chi connectivity index (χ2n) is 3.94. The zero-order valence-electron chi connectivity index (χ0n) is 9.45. The highest BCUT2D eigenvalue weighted by Crippen LogP contribution is 2.34. The number of anilines is 1. The number of nitrogens with zero attached hydrogens (tertiary/aromatic N) is 1. The highest BCUT2D eigenvalue weighted by Gasteiger charge is 2.27. The fourth-order valence-corrected chi connectivity index (χ4v) is 1.88. The molecule has 0 radical (unpaired) electrons. The average molecular weight is 217 g/mol. The number of benzene rings is 1. The molecule has 16 heavy (non-hydrogen) atoms. The summed E-state index contributed by atoms with van der Waals surface area (Å²) in [7, 11) is 1.89. The highest BCUT2D eigenvalue weighted by molar-refractivity contribution is 5.65. The first-order valence-corrected chi connectivity index (χ1v) is 5.37. The quantitative estimate of drug-likeness (QED) is 0.785. The molecule has 0 fully saturated rings. The van der Waals surface area contributed by atoms with E-state index >= 15 is 0 Å². The fourth-order valence-electron chi connectivity index (χ4n) is 1.88. The number of hydrogen-bond donors (Lipinski definition) is 2. The highest BCUT2D eigenvalue weighted by atomic mass is 16.5. The molecule has 4 heteroatoms. The maximum atomic E-state index is 9.00. The molecule has 0 aliphatic carbocycles. The number of ether oxygens (including phenoxy) is 1. The van der Waals surface area contributed by atoms with E-state index in [1.54, 1.807) is 6.07 Å². The van der Waals surface area contributed by atoms with Crippen LogP contribution in [0, 0.1) is 11.3 Å². The molecular weight excluding hydrogens is 202 g/mol. The summed E-state index contributed by atoms with van der Waals surface area (Å²) >= 11 is 0. The Hall–Kier alpha value is -1.73. The van der Waals surface area contributed by atoms with Crippen LogP contribution in [0.5, 0.6) is 5.75 Å². The summed E-state index contributed by atoms with van der Waals surface area (Å²) in [6, 6.07) is 7.94. The third kappa shape index (κ3) is 1.82. The van der Waals surface area contributed by atoms with Crippen LogP contribution in [0.15, 0.2) is 18.2 Å². The Morgan fingerprint density at radius 2 is 2.38 bits per heavy atom. The van der Waals surface area contributed by atoms with Crippen LogP contribution < -0.4 is 15.4 Å². The van der Waals surface area contributed by atoms with Gasteiger partial charge in [0.25, 0.3) is 0 Å². The summed E-state index contributed by atoms with van der Waals surface area (Å²) in [5.41, 5.74) is 1.48. The van der Waals surface area contributed by atoms with Gasteiger partial charge >= 0.3 is 0 Å². The normalized spacial score (nSPS) is 22.6. The molecule has 4 nitrogen and oxygen atoms in total. The number of likely N-dealkylation sites (N-methyl/N-ethyl adjacent to an activating group) is 1. The van der Waals surface area contributed by atoms with Gasteiger partial charge in [-0.25, -0.2) is 0 Å². The molecule has 0 amide bonds. The van der Waals surface area contributed by atoms with Crippen LogP contribution in [-0.4, -0.2) is 25.7 Å². The van der Waals surface area contributed by atoms with Crippen LogP contribution >= 0.6 is 0 Å². The molecule has 0 saturated carbocycles. The molecule has 1 heterocycles. The van der Waals surface area contributed by atoms with Crippen LogP contribution in [0.4, 0.5) is 5.69 Å². The van der Waals surface area contributed by atoms with E-state index < -0.39 is 0 Å².